The van der Waals surface area contributed by atoms with Gasteiger partial charge in [-0.15, -0.1) is 0 Å². The predicted molar refractivity (Wildman–Crippen MR) is 78.0 cm³/mol. The minimum atomic E-state index is -2.94. The molecule has 1 heterocycles. The lowest BCUT2D eigenvalue weighted by atomic mass is 10.1. The van der Waals surface area contributed by atoms with Crippen molar-refractivity contribution in [3.63, 3.8) is 0 Å². The van der Waals surface area contributed by atoms with Crippen LogP contribution in [-0.4, -0.2) is 36.2 Å². The number of nitrogens with zero attached hydrogens (tertiary/aromatic N) is 2. The van der Waals surface area contributed by atoms with Gasteiger partial charge in [0.1, 0.15) is 0 Å². The standard InChI is InChI=1S/C13H25N3O2S/c1-5-7-14-11(3)13-10-15-16(12(13)4)8-9-19(17,18)6-2/h10-11,14H,5-9H2,1-4H3. The van der Waals surface area contributed by atoms with Crippen LogP contribution >= 0.6 is 0 Å². The summed E-state index contributed by atoms with van der Waals surface area (Å²) in [5, 5.41) is 7.71. The first-order chi connectivity index (χ1) is 8.91. The Morgan fingerprint density at radius 2 is 2.11 bits per heavy atom. The molecular formula is C13H25N3O2S. The van der Waals surface area contributed by atoms with E-state index in [1.54, 1.807) is 11.6 Å². The highest BCUT2D eigenvalue weighted by molar-refractivity contribution is 7.91. The molecule has 110 valence electrons. The Kier molecular flexibility index (Phi) is 6.00. The molecule has 0 aliphatic heterocycles. The Balaban J connectivity index is 2.70. The summed E-state index contributed by atoms with van der Waals surface area (Å²) in [6.07, 6.45) is 2.92. The van der Waals surface area contributed by atoms with E-state index in [4.69, 9.17) is 0 Å². The lowest BCUT2D eigenvalue weighted by Gasteiger charge is -2.13. The van der Waals surface area contributed by atoms with E-state index in [2.05, 4.69) is 24.3 Å². The van der Waals surface area contributed by atoms with Crippen molar-refractivity contribution in [2.45, 2.75) is 46.7 Å². The molecule has 6 heteroatoms. The monoisotopic (exact) mass is 287 g/mol. The fraction of sp³-hybridized carbons (Fsp3) is 0.769. The van der Waals surface area contributed by atoms with Crippen LogP contribution in [0.25, 0.3) is 0 Å². The van der Waals surface area contributed by atoms with Crippen LogP contribution in [0.1, 0.15) is 44.5 Å². The highest BCUT2D eigenvalue weighted by Gasteiger charge is 2.14. The van der Waals surface area contributed by atoms with E-state index in [0.717, 1.165) is 24.2 Å². The van der Waals surface area contributed by atoms with Gasteiger partial charge in [0, 0.05) is 23.1 Å². The van der Waals surface area contributed by atoms with Crippen LogP contribution in [0.5, 0.6) is 0 Å². The Morgan fingerprint density at radius 1 is 1.42 bits per heavy atom. The summed E-state index contributed by atoms with van der Waals surface area (Å²) in [6.45, 7) is 9.30. The highest BCUT2D eigenvalue weighted by atomic mass is 32.2. The Labute approximate surface area is 116 Å². The largest absolute Gasteiger partial charge is 0.310 e. The van der Waals surface area contributed by atoms with Crippen LogP contribution < -0.4 is 5.32 Å². The molecule has 1 unspecified atom stereocenters. The van der Waals surface area contributed by atoms with Crippen molar-refractivity contribution in [1.29, 1.82) is 0 Å². The van der Waals surface area contributed by atoms with Crippen LogP contribution in [0.3, 0.4) is 0 Å². The molecule has 1 rings (SSSR count). The molecule has 0 bridgehead atoms. The third-order valence-electron chi connectivity index (χ3n) is 3.36. The maximum atomic E-state index is 11.5. The minimum absolute atomic E-state index is 0.155. The molecule has 0 radical (unpaired) electrons. The van der Waals surface area contributed by atoms with Gasteiger partial charge in [-0.3, -0.25) is 4.68 Å². The van der Waals surface area contributed by atoms with Crippen LogP contribution in [0.4, 0.5) is 0 Å². The zero-order valence-electron chi connectivity index (χ0n) is 12.3. The van der Waals surface area contributed by atoms with E-state index in [1.807, 2.05) is 13.1 Å². The molecule has 0 aliphatic rings. The molecule has 5 nitrogen and oxygen atoms in total. The van der Waals surface area contributed by atoms with E-state index >= 15 is 0 Å². The molecule has 0 saturated heterocycles. The summed E-state index contributed by atoms with van der Waals surface area (Å²) < 4.78 is 24.8. The summed E-state index contributed by atoms with van der Waals surface area (Å²) in [7, 11) is -2.94. The number of hydrogen-bond acceptors (Lipinski definition) is 4. The molecular weight excluding hydrogens is 262 g/mol. The van der Waals surface area contributed by atoms with Gasteiger partial charge in [0.15, 0.2) is 9.84 Å². The molecule has 0 spiro atoms. The number of aryl methyl sites for hydroxylation is 1. The highest BCUT2D eigenvalue weighted by Crippen LogP contribution is 2.16. The average Bonchev–Trinajstić information content (AvgIpc) is 2.75. The van der Waals surface area contributed by atoms with Gasteiger partial charge in [0.2, 0.25) is 0 Å². The first-order valence-electron chi connectivity index (χ1n) is 6.87. The van der Waals surface area contributed by atoms with E-state index in [0.29, 0.717) is 6.54 Å². The number of aromatic nitrogens is 2. The van der Waals surface area contributed by atoms with Crippen molar-refractivity contribution < 1.29 is 8.42 Å². The van der Waals surface area contributed by atoms with Gasteiger partial charge in [-0.25, -0.2) is 8.42 Å². The summed E-state index contributed by atoms with van der Waals surface area (Å²) in [5.74, 6) is 0.344. The van der Waals surface area contributed by atoms with Gasteiger partial charge in [-0.05, 0) is 26.8 Å². The van der Waals surface area contributed by atoms with Gasteiger partial charge in [0.05, 0.1) is 18.5 Å². The van der Waals surface area contributed by atoms with Crippen LogP contribution in [0.2, 0.25) is 0 Å². The smallest absolute Gasteiger partial charge is 0.151 e. The Hall–Kier alpha value is -0.880. The topological polar surface area (TPSA) is 64.0 Å². The van der Waals surface area contributed by atoms with Gasteiger partial charge >= 0.3 is 0 Å². The van der Waals surface area contributed by atoms with Crippen molar-refractivity contribution in [3.05, 3.63) is 17.5 Å². The SMILES string of the molecule is CCCNC(C)c1cnn(CCS(=O)(=O)CC)c1C. The molecule has 1 aromatic rings. The van der Waals surface area contributed by atoms with Gasteiger partial charge in [-0.2, -0.15) is 5.10 Å². The predicted octanol–water partition coefficient (Wildman–Crippen LogP) is 1.69. The second-order valence-corrected chi connectivity index (χ2v) is 7.29. The van der Waals surface area contributed by atoms with Crippen molar-refractivity contribution >= 4 is 9.84 Å². The third kappa shape index (κ3) is 4.62. The second-order valence-electron chi connectivity index (χ2n) is 4.82. The molecule has 0 fully saturated rings. The lowest BCUT2D eigenvalue weighted by molar-refractivity contribution is 0.561. The van der Waals surface area contributed by atoms with Crippen LogP contribution in [0, 0.1) is 6.92 Å². The van der Waals surface area contributed by atoms with E-state index in [9.17, 15) is 8.42 Å². The number of rotatable bonds is 8. The van der Waals surface area contributed by atoms with E-state index < -0.39 is 9.84 Å². The van der Waals surface area contributed by atoms with Crippen molar-refractivity contribution in [1.82, 2.24) is 15.1 Å². The van der Waals surface area contributed by atoms with E-state index in [1.165, 1.54) is 0 Å². The fourth-order valence-electron chi connectivity index (χ4n) is 1.95. The summed E-state index contributed by atoms with van der Waals surface area (Å²) in [4.78, 5) is 0. The van der Waals surface area contributed by atoms with Crippen molar-refractivity contribution in [2.24, 2.45) is 0 Å². The Morgan fingerprint density at radius 3 is 2.68 bits per heavy atom. The third-order valence-corrected chi connectivity index (χ3v) is 5.05. The van der Waals surface area contributed by atoms with Gasteiger partial charge in [-0.1, -0.05) is 13.8 Å². The van der Waals surface area contributed by atoms with Crippen molar-refractivity contribution in [2.75, 3.05) is 18.1 Å². The zero-order chi connectivity index (χ0) is 14.5. The molecule has 1 N–H and O–H groups in total. The zero-order valence-corrected chi connectivity index (χ0v) is 13.1. The van der Waals surface area contributed by atoms with Gasteiger partial charge < -0.3 is 5.32 Å². The van der Waals surface area contributed by atoms with Gasteiger partial charge in [0.25, 0.3) is 0 Å². The summed E-state index contributed by atoms with van der Waals surface area (Å²) in [6, 6.07) is 0.247. The first kappa shape index (κ1) is 16.2. The maximum Gasteiger partial charge on any atom is 0.151 e. The first-order valence-corrected chi connectivity index (χ1v) is 8.69. The number of nitrogens with one attached hydrogen (secondary N) is 1. The van der Waals surface area contributed by atoms with E-state index in [-0.39, 0.29) is 17.5 Å². The quantitative estimate of drug-likeness (QED) is 0.790. The van der Waals surface area contributed by atoms with Crippen molar-refractivity contribution in [3.8, 4) is 0 Å². The molecule has 0 amide bonds. The maximum absolute atomic E-state index is 11.5. The number of sulfone groups is 1. The minimum Gasteiger partial charge on any atom is -0.310 e. The fourth-order valence-corrected chi connectivity index (χ4v) is 2.69. The lowest BCUT2D eigenvalue weighted by Crippen LogP contribution is -2.20. The average molecular weight is 287 g/mol. The molecule has 19 heavy (non-hydrogen) atoms. The molecule has 1 aromatic heterocycles. The van der Waals surface area contributed by atoms with Crippen LogP contribution in [-0.2, 0) is 16.4 Å². The second kappa shape index (κ2) is 7.05. The molecule has 0 saturated carbocycles. The summed E-state index contributed by atoms with van der Waals surface area (Å²) in [5.41, 5.74) is 2.18. The molecule has 1 atom stereocenters. The normalized spacial score (nSPS) is 13.7. The Bertz CT molecular complexity index is 494. The molecule has 0 aliphatic carbocycles. The summed E-state index contributed by atoms with van der Waals surface area (Å²) >= 11 is 0. The molecule has 0 aromatic carbocycles. The number of hydrogen-bond donors (Lipinski definition) is 1. The van der Waals surface area contributed by atoms with Crippen LogP contribution in [0.15, 0.2) is 6.20 Å².